The standard InChI is InChI=1S/C13H27NO3S/c1-11(2,3)10(15)9-14-18(16,17)13(7,8)12(4,5)6/h14H,9H2,1-8H3. The number of hydrogen-bond acceptors (Lipinski definition) is 3. The Morgan fingerprint density at radius 1 is 0.944 bits per heavy atom. The summed E-state index contributed by atoms with van der Waals surface area (Å²) in [6.45, 7) is 14.2. The highest BCUT2D eigenvalue weighted by Crippen LogP contribution is 2.35. The number of ketones is 1. The van der Waals surface area contributed by atoms with Crippen molar-refractivity contribution in [1.29, 1.82) is 0 Å². The molecule has 5 heteroatoms. The van der Waals surface area contributed by atoms with Gasteiger partial charge in [0.2, 0.25) is 10.0 Å². The first-order valence-corrected chi connectivity index (χ1v) is 7.64. The molecule has 0 aliphatic heterocycles. The molecule has 18 heavy (non-hydrogen) atoms. The first-order valence-electron chi connectivity index (χ1n) is 6.15. The fourth-order valence-corrected chi connectivity index (χ4v) is 2.50. The highest BCUT2D eigenvalue weighted by atomic mass is 32.2. The van der Waals surface area contributed by atoms with Crippen LogP contribution in [0.1, 0.15) is 55.4 Å². The van der Waals surface area contributed by atoms with Crippen molar-refractivity contribution in [3.63, 3.8) is 0 Å². The second kappa shape index (κ2) is 4.93. The van der Waals surface area contributed by atoms with Gasteiger partial charge in [-0.15, -0.1) is 0 Å². The molecular formula is C13H27NO3S. The van der Waals surface area contributed by atoms with E-state index < -0.39 is 25.6 Å². The van der Waals surface area contributed by atoms with Crippen molar-refractivity contribution in [1.82, 2.24) is 4.72 Å². The lowest BCUT2D eigenvalue weighted by Gasteiger charge is -2.38. The molecule has 0 fully saturated rings. The third kappa shape index (κ3) is 3.79. The van der Waals surface area contributed by atoms with Gasteiger partial charge in [-0.25, -0.2) is 13.1 Å². The molecule has 0 bridgehead atoms. The van der Waals surface area contributed by atoms with Crippen molar-refractivity contribution < 1.29 is 13.2 Å². The lowest BCUT2D eigenvalue weighted by Crippen LogP contribution is -2.51. The van der Waals surface area contributed by atoms with Gasteiger partial charge in [-0.1, -0.05) is 41.5 Å². The average Bonchev–Trinajstić information content (AvgIpc) is 2.10. The minimum Gasteiger partial charge on any atom is -0.298 e. The minimum atomic E-state index is -3.54. The highest BCUT2D eigenvalue weighted by Gasteiger charge is 2.44. The first-order chi connectivity index (χ1) is 7.63. The fraction of sp³-hybridized carbons (Fsp3) is 0.923. The number of sulfonamides is 1. The van der Waals surface area contributed by atoms with Crippen LogP contribution >= 0.6 is 0 Å². The van der Waals surface area contributed by atoms with Gasteiger partial charge in [0.25, 0.3) is 0 Å². The molecular weight excluding hydrogens is 250 g/mol. The number of rotatable bonds is 4. The third-order valence-electron chi connectivity index (χ3n) is 3.74. The van der Waals surface area contributed by atoms with E-state index in [1.54, 1.807) is 34.6 Å². The molecule has 0 amide bonds. The summed E-state index contributed by atoms with van der Waals surface area (Å²) < 4.78 is 26.0. The van der Waals surface area contributed by atoms with Crippen LogP contribution < -0.4 is 4.72 Å². The molecule has 0 radical (unpaired) electrons. The van der Waals surface area contributed by atoms with E-state index in [0.717, 1.165) is 0 Å². The Bertz CT molecular complexity index is 408. The van der Waals surface area contributed by atoms with E-state index >= 15 is 0 Å². The largest absolute Gasteiger partial charge is 0.298 e. The summed E-state index contributed by atoms with van der Waals surface area (Å²) in [5.74, 6) is -0.115. The monoisotopic (exact) mass is 277 g/mol. The third-order valence-corrected chi connectivity index (χ3v) is 6.22. The van der Waals surface area contributed by atoms with Crippen LogP contribution in [0, 0.1) is 10.8 Å². The van der Waals surface area contributed by atoms with Crippen molar-refractivity contribution in [3.8, 4) is 0 Å². The molecule has 0 atom stereocenters. The Labute approximate surface area is 112 Å². The van der Waals surface area contributed by atoms with Gasteiger partial charge in [-0.3, -0.25) is 4.79 Å². The minimum absolute atomic E-state index is 0.115. The zero-order chi connectivity index (χ0) is 15.0. The molecule has 0 saturated heterocycles. The van der Waals surface area contributed by atoms with Crippen molar-refractivity contribution in [2.75, 3.05) is 6.54 Å². The molecule has 0 heterocycles. The maximum atomic E-state index is 12.3. The molecule has 0 spiro atoms. The van der Waals surface area contributed by atoms with Gasteiger partial charge in [0.05, 0.1) is 11.3 Å². The molecule has 0 rings (SSSR count). The smallest absolute Gasteiger partial charge is 0.217 e. The van der Waals surface area contributed by atoms with E-state index in [0.29, 0.717) is 0 Å². The number of nitrogens with one attached hydrogen (secondary N) is 1. The Morgan fingerprint density at radius 2 is 1.33 bits per heavy atom. The zero-order valence-corrected chi connectivity index (χ0v) is 13.7. The van der Waals surface area contributed by atoms with Crippen molar-refractivity contribution in [2.45, 2.75) is 60.1 Å². The second-order valence-electron chi connectivity index (χ2n) is 7.26. The van der Waals surface area contributed by atoms with Gasteiger partial charge in [0.1, 0.15) is 0 Å². The van der Waals surface area contributed by atoms with E-state index in [4.69, 9.17) is 0 Å². The van der Waals surface area contributed by atoms with E-state index in [9.17, 15) is 13.2 Å². The first kappa shape index (κ1) is 17.6. The Balaban J connectivity index is 4.97. The lowest BCUT2D eigenvalue weighted by atomic mass is 9.83. The van der Waals surface area contributed by atoms with Gasteiger partial charge < -0.3 is 0 Å². The maximum absolute atomic E-state index is 12.3. The molecule has 108 valence electrons. The van der Waals surface area contributed by atoms with Crippen molar-refractivity contribution in [3.05, 3.63) is 0 Å². The quantitative estimate of drug-likeness (QED) is 0.858. The normalized spacial score (nSPS) is 14.7. The molecule has 0 unspecified atom stereocenters. The summed E-state index contributed by atoms with van der Waals surface area (Å²) in [4.78, 5) is 11.8. The average molecular weight is 277 g/mol. The van der Waals surface area contributed by atoms with Crippen molar-refractivity contribution in [2.24, 2.45) is 10.8 Å². The Kier molecular flexibility index (Phi) is 4.81. The molecule has 1 N–H and O–H groups in total. The van der Waals surface area contributed by atoms with E-state index in [1.165, 1.54) is 0 Å². The molecule has 0 aromatic rings. The maximum Gasteiger partial charge on any atom is 0.217 e. The van der Waals surface area contributed by atoms with Crippen LogP contribution in [0.4, 0.5) is 0 Å². The summed E-state index contributed by atoms with van der Waals surface area (Å²) in [5, 5.41) is 0. The predicted octanol–water partition coefficient (Wildman–Crippen LogP) is 2.35. The van der Waals surface area contributed by atoms with E-state index in [-0.39, 0.29) is 12.3 Å². The van der Waals surface area contributed by atoms with Gasteiger partial charge >= 0.3 is 0 Å². The molecule has 0 saturated carbocycles. The molecule has 0 aromatic carbocycles. The van der Waals surface area contributed by atoms with Crippen LogP contribution in [0.2, 0.25) is 0 Å². The van der Waals surface area contributed by atoms with Gasteiger partial charge in [0, 0.05) is 5.41 Å². The summed E-state index contributed by atoms with van der Waals surface area (Å²) in [6, 6.07) is 0. The number of carbonyl (C=O) groups is 1. The highest BCUT2D eigenvalue weighted by molar-refractivity contribution is 7.90. The number of Topliss-reactive ketones (excluding diaryl/α,β-unsaturated/α-hetero) is 1. The van der Waals surface area contributed by atoms with E-state index in [2.05, 4.69) is 4.72 Å². The number of hydrogen-bond donors (Lipinski definition) is 1. The van der Waals surface area contributed by atoms with Crippen LogP contribution in [0.25, 0.3) is 0 Å². The van der Waals surface area contributed by atoms with E-state index in [1.807, 2.05) is 20.8 Å². The van der Waals surface area contributed by atoms with Gasteiger partial charge in [-0.2, -0.15) is 0 Å². The van der Waals surface area contributed by atoms with Crippen LogP contribution in [-0.2, 0) is 14.8 Å². The van der Waals surface area contributed by atoms with Gasteiger partial charge in [0.15, 0.2) is 5.78 Å². The molecule has 0 aliphatic rings. The van der Waals surface area contributed by atoms with Crippen LogP contribution in [0.15, 0.2) is 0 Å². The summed E-state index contributed by atoms with van der Waals surface area (Å²) in [5.41, 5.74) is -0.946. The lowest BCUT2D eigenvalue weighted by molar-refractivity contribution is -0.125. The summed E-state index contributed by atoms with van der Waals surface area (Å²) >= 11 is 0. The molecule has 0 aliphatic carbocycles. The van der Waals surface area contributed by atoms with Crippen LogP contribution in [-0.4, -0.2) is 25.5 Å². The number of carbonyl (C=O) groups excluding carboxylic acids is 1. The second-order valence-corrected chi connectivity index (χ2v) is 9.57. The molecule has 4 nitrogen and oxygen atoms in total. The van der Waals surface area contributed by atoms with Gasteiger partial charge in [-0.05, 0) is 19.3 Å². The Hall–Kier alpha value is -0.420. The van der Waals surface area contributed by atoms with Crippen molar-refractivity contribution >= 4 is 15.8 Å². The predicted molar refractivity (Wildman–Crippen MR) is 74.9 cm³/mol. The topological polar surface area (TPSA) is 63.2 Å². The molecule has 0 aromatic heterocycles. The van der Waals surface area contributed by atoms with Crippen LogP contribution in [0.3, 0.4) is 0 Å². The Morgan fingerprint density at radius 3 is 1.61 bits per heavy atom. The SMILES string of the molecule is CC(C)(C)C(=O)CNS(=O)(=O)C(C)(C)C(C)(C)C. The van der Waals surface area contributed by atoms with Crippen LogP contribution in [0.5, 0.6) is 0 Å². The summed E-state index contributed by atoms with van der Waals surface area (Å²) in [7, 11) is -3.54. The fourth-order valence-electron chi connectivity index (χ4n) is 1.01. The summed E-state index contributed by atoms with van der Waals surface area (Å²) in [6.07, 6.45) is 0. The zero-order valence-electron chi connectivity index (χ0n) is 12.8.